The number of hydrogen-bond acceptors (Lipinski definition) is 3. The summed E-state index contributed by atoms with van der Waals surface area (Å²) >= 11 is 0. The Bertz CT molecular complexity index is 613. The van der Waals surface area contributed by atoms with Gasteiger partial charge in [0.2, 0.25) is 0 Å². The topological polar surface area (TPSA) is 58.6 Å². The lowest BCUT2D eigenvalue weighted by molar-refractivity contribution is -0.0935. The number of ether oxygens (including phenoxy) is 1. The van der Waals surface area contributed by atoms with Gasteiger partial charge >= 0.3 is 0 Å². The molecule has 1 atom stereocenters. The number of benzene rings is 1. The highest BCUT2D eigenvalue weighted by atomic mass is 32.2. The first-order valence-corrected chi connectivity index (χ1v) is 8.98. The van der Waals surface area contributed by atoms with E-state index in [9.17, 15) is 8.42 Å². The molecule has 0 bridgehead atoms. The quantitative estimate of drug-likeness (QED) is 0.914. The van der Waals surface area contributed by atoms with E-state index in [4.69, 9.17) is 4.74 Å². The number of fused-ring (bicyclic) bond motifs is 2. The Morgan fingerprint density at radius 1 is 1.38 bits per heavy atom. The van der Waals surface area contributed by atoms with Gasteiger partial charge < -0.3 is 4.74 Å². The van der Waals surface area contributed by atoms with Gasteiger partial charge in [-0.05, 0) is 30.4 Å². The SMILES string of the molecule is CCCNS(=O)(=O)N1CCOC2(CCc3ccccc32)C1. The third-order valence-electron chi connectivity index (χ3n) is 4.33. The van der Waals surface area contributed by atoms with Crippen molar-refractivity contribution in [3.63, 3.8) is 0 Å². The fourth-order valence-electron chi connectivity index (χ4n) is 3.25. The molecule has 1 aliphatic carbocycles. The van der Waals surface area contributed by atoms with E-state index in [0.717, 1.165) is 24.8 Å². The molecule has 1 aromatic rings. The van der Waals surface area contributed by atoms with Gasteiger partial charge in [-0.15, -0.1) is 0 Å². The summed E-state index contributed by atoms with van der Waals surface area (Å²) in [4.78, 5) is 0. The minimum absolute atomic E-state index is 0.406. The van der Waals surface area contributed by atoms with E-state index in [1.165, 1.54) is 9.87 Å². The van der Waals surface area contributed by atoms with Crippen LogP contribution in [0.2, 0.25) is 0 Å². The summed E-state index contributed by atoms with van der Waals surface area (Å²) in [5.74, 6) is 0. The second kappa shape index (κ2) is 5.68. The van der Waals surface area contributed by atoms with Crippen LogP contribution in [-0.2, 0) is 27.0 Å². The molecular formula is C15H22N2O3S. The maximum atomic E-state index is 12.4. The second-order valence-corrected chi connectivity index (χ2v) is 7.49. The van der Waals surface area contributed by atoms with Crippen molar-refractivity contribution in [1.82, 2.24) is 9.03 Å². The zero-order valence-corrected chi connectivity index (χ0v) is 13.2. The molecule has 5 nitrogen and oxygen atoms in total. The molecule has 6 heteroatoms. The predicted octanol–water partition coefficient (Wildman–Crippen LogP) is 1.40. The van der Waals surface area contributed by atoms with E-state index in [-0.39, 0.29) is 0 Å². The minimum atomic E-state index is -3.41. The molecular weight excluding hydrogens is 288 g/mol. The molecule has 116 valence electrons. The van der Waals surface area contributed by atoms with Crippen molar-refractivity contribution < 1.29 is 13.2 Å². The normalized spacial score (nSPS) is 26.1. The zero-order valence-electron chi connectivity index (χ0n) is 12.3. The van der Waals surface area contributed by atoms with E-state index < -0.39 is 15.8 Å². The lowest BCUT2D eigenvalue weighted by atomic mass is 9.94. The minimum Gasteiger partial charge on any atom is -0.368 e. The summed E-state index contributed by atoms with van der Waals surface area (Å²) in [5.41, 5.74) is 1.97. The molecule has 3 rings (SSSR count). The summed E-state index contributed by atoms with van der Waals surface area (Å²) in [7, 11) is -3.41. The van der Waals surface area contributed by atoms with Gasteiger partial charge in [0.25, 0.3) is 10.2 Å². The largest absolute Gasteiger partial charge is 0.368 e. The predicted molar refractivity (Wildman–Crippen MR) is 81.2 cm³/mol. The monoisotopic (exact) mass is 310 g/mol. The fraction of sp³-hybridized carbons (Fsp3) is 0.600. The Morgan fingerprint density at radius 2 is 2.19 bits per heavy atom. The second-order valence-electron chi connectivity index (χ2n) is 5.73. The lowest BCUT2D eigenvalue weighted by Crippen LogP contribution is -2.54. The van der Waals surface area contributed by atoms with Gasteiger partial charge in [-0.3, -0.25) is 0 Å². The van der Waals surface area contributed by atoms with Crippen LogP contribution in [0, 0.1) is 0 Å². The van der Waals surface area contributed by atoms with E-state index in [1.807, 2.05) is 19.1 Å². The number of hydrogen-bond donors (Lipinski definition) is 1. The molecule has 1 saturated heterocycles. The molecule has 2 aliphatic rings. The van der Waals surface area contributed by atoms with Gasteiger partial charge in [-0.1, -0.05) is 31.2 Å². The molecule has 1 spiro atoms. The smallest absolute Gasteiger partial charge is 0.279 e. The number of nitrogens with zero attached hydrogens (tertiary/aromatic N) is 1. The van der Waals surface area contributed by atoms with Gasteiger partial charge in [0.05, 0.1) is 6.61 Å². The average molecular weight is 310 g/mol. The summed E-state index contributed by atoms with van der Waals surface area (Å²) in [5, 5.41) is 0. The average Bonchev–Trinajstić information content (AvgIpc) is 2.84. The van der Waals surface area contributed by atoms with E-state index in [0.29, 0.717) is 26.2 Å². The zero-order chi connectivity index (χ0) is 14.9. The molecule has 1 unspecified atom stereocenters. The number of aryl methyl sites for hydroxylation is 1. The summed E-state index contributed by atoms with van der Waals surface area (Å²) < 4.78 is 34.9. The molecule has 1 fully saturated rings. The van der Waals surface area contributed by atoms with Crippen LogP contribution in [0.5, 0.6) is 0 Å². The van der Waals surface area contributed by atoms with Crippen molar-refractivity contribution in [1.29, 1.82) is 0 Å². The summed E-state index contributed by atoms with van der Waals surface area (Å²) in [6.07, 6.45) is 2.59. The van der Waals surface area contributed by atoms with E-state index in [2.05, 4.69) is 16.9 Å². The molecule has 21 heavy (non-hydrogen) atoms. The molecule has 0 amide bonds. The fourth-order valence-corrected chi connectivity index (χ4v) is 4.59. The highest BCUT2D eigenvalue weighted by molar-refractivity contribution is 7.87. The molecule has 0 aromatic heterocycles. The maximum Gasteiger partial charge on any atom is 0.279 e. The van der Waals surface area contributed by atoms with Crippen LogP contribution >= 0.6 is 0 Å². The summed E-state index contributed by atoms with van der Waals surface area (Å²) in [6.45, 7) is 3.70. The van der Waals surface area contributed by atoms with Gasteiger partial charge in [0.15, 0.2) is 0 Å². The lowest BCUT2D eigenvalue weighted by Gasteiger charge is -2.40. The van der Waals surface area contributed by atoms with Crippen LogP contribution in [-0.4, -0.2) is 39.0 Å². The van der Waals surface area contributed by atoms with E-state index in [1.54, 1.807) is 0 Å². The van der Waals surface area contributed by atoms with Crippen molar-refractivity contribution in [2.45, 2.75) is 31.8 Å². The Kier molecular flexibility index (Phi) is 4.05. The first kappa shape index (κ1) is 15.0. The Hall–Kier alpha value is -0.950. The molecule has 1 heterocycles. The van der Waals surface area contributed by atoms with Crippen molar-refractivity contribution >= 4 is 10.2 Å². The molecule has 0 radical (unpaired) electrons. The van der Waals surface area contributed by atoms with Crippen LogP contribution in [0.4, 0.5) is 0 Å². The Morgan fingerprint density at radius 3 is 3.00 bits per heavy atom. The van der Waals surface area contributed by atoms with Crippen LogP contribution in [0.3, 0.4) is 0 Å². The van der Waals surface area contributed by atoms with Crippen LogP contribution in [0.25, 0.3) is 0 Å². The molecule has 1 N–H and O–H groups in total. The van der Waals surface area contributed by atoms with Crippen LogP contribution in [0.15, 0.2) is 24.3 Å². The number of rotatable bonds is 4. The standard InChI is InChI=1S/C15H22N2O3S/c1-2-9-16-21(18,19)17-10-11-20-15(12-17)8-7-13-5-3-4-6-14(13)15/h3-6,16H,2,7-12H2,1H3. The third kappa shape index (κ3) is 2.73. The summed E-state index contributed by atoms with van der Waals surface area (Å²) in [6, 6.07) is 8.20. The van der Waals surface area contributed by atoms with Gasteiger partial charge in [-0.2, -0.15) is 12.7 Å². The first-order valence-electron chi connectivity index (χ1n) is 7.54. The Labute approximate surface area is 126 Å². The van der Waals surface area contributed by atoms with Crippen LogP contribution < -0.4 is 4.72 Å². The van der Waals surface area contributed by atoms with Crippen LogP contribution in [0.1, 0.15) is 30.9 Å². The van der Waals surface area contributed by atoms with Gasteiger partial charge in [0, 0.05) is 19.6 Å². The maximum absolute atomic E-state index is 12.4. The molecule has 0 saturated carbocycles. The molecule has 1 aromatic carbocycles. The molecule has 1 aliphatic heterocycles. The van der Waals surface area contributed by atoms with Crippen molar-refractivity contribution in [3.05, 3.63) is 35.4 Å². The van der Waals surface area contributed by atoms with Gasteiger partial charge in [-0.25, -0.2) is 4.72 Å². The highest BCUT2D eigenvalue weighted by Crippen LogP contribution is 2.42. The van der Waals surface area contributed by atoms with Gasteiger partial charge in [0.1, 0.15) is 5.60 Å². The van der Waals surface area contributed by atoms with E-state index >= 15 is 0 Å². The van der Waals surface area contributed by atoms with Crippen molar-refractivity contribution in [2.75, 3.05) is 26.2 Å². The third-order valence-corrected chi connectivity index (χ3v) is 5.89. The first-order chi connectivity index (χ1) is 10.1. The number of morpholine rings is 1. The van der Waals surface area contributed by atoms with Crippen molar-refractivity contribution in [2.24, 2.45) is 0 Å². The highest BCUT2D eigenvalue weighted by Gasteiger charge is 2.45. The number of nitrogens with one attached hydrogen (secondary N) is 1. The van der Waals surface area contributed by atoms with Crippen molar-refractivity contribution in [3.8, 4) is 0 Å². The Balaban J connectivity index is 1.84.